The van der Waals surface area contributed by atoms with E-state index in [1.165, 1.54) is 10.9 Å². The summed E-state index contributed by atoms with van der Waals surface area (Å²) in [6.45, 7) is 0. The molecule has 0 atom stereocenters. The first-order valence-electron chi connectivity index (χ1n) is 7.64. The average Bonchev–Trinajstić information content (AvgIpc) is 2.94. The van der Waals surface area contributed by atoms with Gasteiger partial charge in [0.1, 0.15) is 5.75 Å². The zero-order valence-corrected chi connectivity index (χ0v) is 13.4. The van der Waals surface area contributed by atoms with Crippen LogP contribution in [0.3, 0.4) is 0 Å². The summed E-state index contributed by atoms with van der Waals surface area (Å²) < 4.78 is 7.34. The van der Waals surface area contributed by atoms with Crippen molar-refractivity contribution >= 4 is 22.5 Å². The van der Waals surface area contributed by atoms with E-state index in [-0.39, 0.29) is 5.91 Å². The molecule has 1 N–H and O–H groups in total. The third-order valence-corrected chi connectivity index (χ3v) is 3.97. The molecule has 0 radical (unpaired) electrons. The minimum absolute atomic E-state index is 0.0125. The van der Waals surface area contributed by atoms with Crippen LogP contribution < -0.4 is 10.1 Å². The smallest absolute Gasteiger partial charge is 0.224 e. The Morgan fingerprint density at radius 3 is 2.83 bits per heavy atom. The molecule has 4 nitrogen and oxygen atoms in total. The van der Waals surface area contributed by atoms with Crippen molar-refractivity contribution in [2.24, 2.45) is 7.05 Å². The Bertz CT molecular complexity index is 836. The summed E-state index contributed by atoms with van der Waals surface area (Å²) in [6, 6.07) is 15.8. The van der Waals surface area contributed by atoms with Crippen molar-refractivity contribution in [2.45, 2.75) is 12.8 Å². The maximum atomic E-state index is 12.2. The molecule has 0 aliphatic heterocycles. The fourth-order valence-electron chi connectivity index (χ4n) is 2.68. The molecule has 0 saturated heterocycles. The van der Waals surface area contributed by atoms with Gasteiger partial charge in [-0.3, -0.25) is 4.79 Å². The number of carbonyl (C=O) groups is 1. The van der Waals surface area contributed by atoms with Gasteiger partial charge in [-0.1, -0.05) is 24.3 Å². The van der Waals surface area contributed by atoms with Crippen molar-refractivity contribution in [1.82, 2.24) is 4.57 Å². The lowest BCUT2D eigenvalue weighted by molar-refractivity contribution is -0.116. The number of carbonyl (C=O) groups excluding carboxylic acids is 1. The second-order valence-electron chi connectivity index (χ2n) is 5.57. The lowest BCUT2D eigenvalue weighted by Gasteiger charge is -2.10. The Hall–Kier alpha value is -2.75. The van der Waals surface area contributed by atoms with Crippen molar-refractivity contribution in [3.8, 4) is 5.75 Å². The Balaban J connectivity index is 1.64. The van der Waals surface area contributed by atoms with Crippen LogP contribution in [0.25, 0.3) is 10.9 Å². The zero-order valence-electron chi connectivity index (χ0n) is 13.4. The van der Waals surface area contributed by atoms with Gasteiger partial charge in [-0.05, 0) is 41.6 Å². The van der Waals surface area contributed by atoms with Gasteiger partial charge in [0, 0.05) is 25.2 Å². The highest BCUT2D eigenvalue weighted by Crippen LogP contribution is 2.23. The molecule has 23 heavy (non-hydrogen) atoms. The third kappa shape index (κ3) is 3.37. The summed E-state index contributed by atoms with van der Waals surface area (Å²) in [6.07, 6.45) is 3.19. The molecule has 0 saturated carbocycles. The van der Waals surface area contributed by atoms with Crippen molar-refractivity contribution in [3.63, 3.8) is 0 Å². The number of hydrogen-bond donors (Lipinski definition) is 1. The number of anilines is 1. The number of hydrogen-bond acceptors (Lipinski definition) is 2. The van der Waals surface area contributed by atoms with Crippen LogP contribution in [0.5, 0.6) is 5.75 Å². The molecule has 1 aromatic heterocycles. The molecule has 4 heteroatoms. The highest BCUT2D eigenvalue weighted by Gasteiger charge is 2.08. The van der Waals surface area contributed by atoms with Crippen LogP contribution in [0.1, 0.15) is 12.0 Å². The number of amides is 1. The second kappa shape index (κ2) is 6.57. The molecule has 0 aliphatic rings. The maximum absolute atomic E-state index is 12.2. The monoisotopic (exact) mass is 308 g/mol. The number of benzene rings is 2. The van der Waals surface area contributed by atoms with E-state index in [9.17, 15) is 4.79 Å². The van der Waals surface area contributed by atoms with E-state index in [1.54, 1.807) is 7.11 Å². The van der Waals surface area contributed by atoms with E-state index in [2.05, 4.69) is 34.1 Å². The summed E-state index contributed by atoms with van der Waals surface area (Å²) in [7, 11) is 3.63. The lowest BCUT2D eigenvalue weighted by Crippen LogP contribution is -2.13. The van der Waals surface area contributed by atoms with Gasteiger partial charge in [-0.2, -0.15) is 0 Å². The fraction of sp³-hybridized carbons (Fsp3) is 0.211. The molecule has 0 bridgehead atoms. The van der Waals surface area contributed by atoms with Gasteiger partial charge in [0.2, 0.25) is 5.91 Å². The quantitative estimate of drug-likeness (QED) is 0.780. The van der Waals surface area contributed by atoms with Crippen LogP contribution >= 0.6 is 0 Å². The van der Waals surface area contributed by atoms with Crippen molar-refractivity contribution < 1.29 is 9.53 Å². The van der Waals surface area contributed by atoms with Crippen LogP contribution in [-0.2, 0) is 18.3 Å². The van der Waals surface area contributed by atoms with Crippen LogP contribution in [0.4, 0.5) is 5.69 Å². The van der Waals surface area contributed by atoms with E-state index < -0.39 is 0 Å². The van der Waals surface area contributed by atoms with Crippen LogP contribution in [-0.4, -0.2) is 17.6 Å². The number of nitrogens with one attached hydrogen (secondary N) is 1. The van der Waals surface area contributed by atoms with Gasteiger partial charge in [0.05, 0.1) is 12.8 Å². The third-order valence-electron chi connectivity index (χ3n) is 3.97. The normalized spacial score (nSPS) is 10.7. The molecule has 0 unspecified atom stereocenters. The summed E-state index contributed by atoms with van der Waals surface area (Å²) >= 11 is 0. The Kier molecular flexibility index (Phi) is 4.33. The predicted molar refractivity (Wildman–Crippen MR) is 92.9 cm³/mol. The number of rotatable bonds is 5. The maximum Gasteiger partial charge on any atom is 0.224 e. The van der Waals surface area contributed by atoms with Gasteiger partial charge < -0.3 is 14.6 Å². The van der Waals surface area contributed by atoms with Crippen LogP contribution in [0, 0.1) is 0 Å². The van der Waals surface area contributed by atoms with Gasteiger partial charge in [-0.25, -0.2) is 0 Å². The molecule has 3 aromatic rings. The standard InChI is InChI=1S/C19H20N2O2/c1-21-12-11-15-9-7-14(13-17(15)21)8-10-19(22)20-16-5-3-4-6-18(16)23-2/h3-7,9,11-13H,8,10H2,1-2H3,(H,20,22). The number of para-hydroxylation sites is 2. The second-order valence-corrected chi connectivity index (χ2v) is 5.57. The molecule has 2 aromatic carbocycles. The van der Waals surface area contributed by atoms with Crippen molar-refractivity contribution in [2.75, 3.05) is 12.4 Å². The zero-order chi connectivity index (χ0) is 16.2. The van der Waals surface area contributed by atoms with Gasteiger partial charge in [-0.15, -0.1) is 0 Å². The number of fused-ring (bicyclic) bond motifs is 1. The Labute approximate surface area is 135 Å². The molecule has 0 spiro atoms. The van der Waals surface area contributed by atoms with Crippen molar-refractivity contribution in [1.29, 1.82) is 0 Å². The predicted octanol–water partition coefficient (Wildman–Crippen LogP) is 3.76. The largest absolute Gasteiger partial charge is 0.495 e. The van der Waals surface area contributed by atoms with Crippen LogP contribution in [0.2, 0.25) is 0 Å². The molecule has 1 heterocycles. The topological polar surface area (TPSA) is 43.3 Å². The number of ether oxygens (including phenoxy) is 1. The molecular formula is C19H20N2O2. The van der Waals surface area contributed by atoms with E-state index in [1.807, 2.05) is 37.5 Å². The van der Waals surface area contributed by atoms with Gasteiger partial charge in [0.15, 0.2) is 0 Å². The first-order valence-corrected chi connectivity index (χ1v) is 7.64. The number of aryl methyl sites for hydroxylation is 2. The van der Waals surface area contributed by atoms with E-state index in [4.69, 9.17) is 4.74 Å². The lowest BCUT2D eigenvalue weighted by atomic mass is 10.1. The Morgan fingerprint density at radius 1 is 1.17 bits per heavy atom. The van der Waals surface area contributed by atoms with E-state index >= 15 is 0 Å². The summed E-state index contributed by atoms with van der Waals surface area (Å²) in [5.41, 5.74) is 3.06. The average molecular weight is 308 g/mol. The number of nitrogens with zero attached hydrogens (tertiary/aromatic N) is 1. The van der Waals surface area contributed by atoms with Gasteiger partial charge >= 0.3 is 0 Å². The molecule has 118 valence electrons. The Morgan fingerprint density at radius 2 is 2.00 bits per heavy atom. The first-order chi connectivity index (χ1) is 11.2. The van der Waals surface area contributed by atoms with E-state index in [0.717, 1.165) is 5.56 Å². The highest BCUT2D eigenvalue weighted by atomic mass is 16.5. The minimum Gasteiger partial charge on any atom is -0.495 e. The molecule has 0 aliphatic carbocycles. The molecular weight excluding hydrogens is 288 g/mol. The van der Waals surface area contributed by atoms with Crippen LogP contribution in [0.15, 0.2) is 54.7 Å². The molecule has 0 fully saturated rings. The summed E-state index contributed by atoms with van der Waals surface area (Å²) in [5, 5.41) is 4.12. The number of methoxy groups -OCH3 is 1. The highest BCUT2D eigenvalue weighted by molar-refractivity contribution is 5.92. The summed E-state index contributed by atoms with van der Waals surface area (Å²) in [5.74, 6) is 0.660. The minimum atomic E-state index is -0.0125. The van der Waals surface area contributed by atoms with Gasteiger partial charge in [0.25, 0.3) is 0 Å². The van der Waals surface area contributed by atoms with Crippen molar-refractivity contribution in [3.05, 3.63) is 60.3 Å². The molecule has 1 amide bonds. The summed E-state index contributed by atoms with van der Waals surface area (Å²) in [4.78, 5) is 12.2. The number of aromatic nitrogens is 1. The van der Waals surface area contributed by atoms with E-state index in [0.29, 0.717) is 24.3 Å². The first kappa shape index (κ1) is 15.2. The molecule has 3 rings (SSSR count). The SMILES string of the molecule is COc1ccccc1NC(=O)CCc1ccc2ccn(C)c2c1. The fourth-order valence-corrected chi connectivity index (χ4v) is 2.68.